The lowest BCUT2D eigenvalue weighted by atomic mass is 9.97. The van der Waals surface area contributed by atoms with Crippen LogP contribution in [0.3, 0.4) is 0 Å². The van der Waals surface area contributed by atoms with E-state index in [2.05, 4.69) is 11.8 Å². The van der Waals surface area contributed by atoms with Crippen LogP contribution in [-0.4, -0.2) is 28.9 Å². The summed E-state index contributed by atoms with van der Waals surface area (Å²) in [6, 6.07) is 1.69. The first-order valence-electron chi connectivity index (χ1n) is 8.36. The number of carbonyl (C=O) groups is 1. The molecule has 0 amide bonds. The maximum absolute atomic E-state index is 12.6. The zero-order chi connectivity index (χ0) is 16.7. The normalized spacial score (nSPS) is 21.3. The second-order valence-corrected chi connectivity index (χ2v) is 7.14. The van der Waals surface area contributed by atoms with Gasteiger partial charge in [-0.1, -0.05) is 6.92 Å². The average Bonchev–Trinajstić information content (AvgIpc) is 2.82. The smallest absolute Gasteiger partial charge is 0.232 e. The molecule has 1 aromatic carbocycles. The molecule has 0 bridgehead atoms. The van der Waals surface area contributed by atoms with Crippen LogP contribution in [0.15, 0.2) is 17.4 Å². The van der Waals surface area contributed by atoms with Crippen LogP contribution in [0.5, 0.6) is 11.5 Å². The minimum atomic E-state index is -0.0641. The van der Waals surface area contributed by atoms with Crippen molar-refractivity contribution in [1.29, 1.82) is 0 Å². The predicted octanol–water partition coefficient (Wildman–Crippen LogP) is 3.80. The number of Topliss-reactive ketones (excluding diaryl/α,β-unsaturated/α-hetero) is 1. The van der Waals surface area contributed by atoms with E-state index in [4.69, 9.17) is 4.74 Å². The second kappa shape index (κ2) is 6.00. The Morgan fingerprint density at radius 2 is 2.17 bits per heavy atom. The molecular formula is C19H25NO3. The van der Waals surface area contributed by atoms with Crippen molar-refractivity contribution >= 4 is 5.78 Å². The molecule has 1 N–H and O–H groups in total. The van der Waals surface area contributed by atoms with E-state index in [0.29, 0.717) is 29.5 Å². The summed E-state index contributed by atoms with van der Waals surface area (Å²) in [6.07, 6.45) is 2.43. The van der Waals surface area contributed by atoms with E-state index in [0.717, 1.165) is 29.8 Å². The fourth-order valence-corrected chi connectivity index (χ4v) is 3.60. The van der Waals surface area contributed by atoms with Crippen LogP contribution < -0.4 is 4.74 Å². The van der Waals surface area contributed by atoms with E-state index in [9.17, 15) is 9.90 Å². The number of fused-ring (bicyclic) bond motifs is 1. The molecule has 1 fully saturated rings. The number of nitrogens with zero attached hydrogens (tertiary/aromatic N) is 1. The van der Waals surface area contributed by atoms with Gasteiger partial charge in [0.1, 0.15) is 11.5 Å². The molecule has 3 rings (SSSR count). The number of carbonyl (C=O) groups excluding carboxylic acids is 1. The lowest BCUT2D eigenvalue weighted by molar-refractivity contribution is 0.101. The third-order valence-corrected chi connectivity index (χ3v) is 4.77. The number of hydrogen-bond acceptors (Lipinski definition) is 4. The molecule has 2 aliphatic rings. The van der Waals surface area contributed by atoms with Gasteiger partial charge in [0.25, 0.3) is 0 Å². The topological polar surface area (TPSA) is 49.8 Å². The number of aromatic hydroxyl groups is 1. The average molecular weight is 315 g/mol. The van der Waals surface area contributed by atoms with Gasteiger partial charge in [-0.05, 0) is 63.3 Å². The maximum atomic E-state index is 12.6. The van der Waals surface area contributed by atoms with Gasteiger partial charge in [-0.3, -0.25) is 9.69 Å². The van der Waals surface area contributed by atoms with E-state index in [-0.39, 0.29) is 11.5 Å². The molecule has 4 nitrogen and oxygen atoms in total. The highest BCUT2D eigenvalue weighted by molar-refractivity contribution is 6.14. The van der Waals surface area contributed by atoms with Gasteiger partial charge in [0.05, 0.1) is 11.1 Å². The second-order valence-electron chi connectivity index (χ2n) is 7.14. The van der Waals surface area contributed by atoms with Crippen LogP contribution in [0.2, 0.25) is 0 Å². The summed E-state index contributed by atoms with van der Waals surface area (Å²) in [5.74, 6) is 1.79. The van der Waals surface area contributed by atoms with E-state index in [1.807, 2.05) is 20.8 Å². The molecule has 1 unspecified atom stereocenters. The lowest BCUT2D eigenvalue weighted by Gasteiger charge is -2.31. The van der Waals surface area contributed by atoms with Gasteiger partial charge in [0.15, 0.2) is 5.76 Å². The molecule has 2 aliphatic heterocycles. The van der Waals surface area contributed by atoms with Crippen molar-refractivity contribution in [3.8, 4) is 11.5 Å². The quantitative estimate of drug-likeness (QED) is 0.843. The van der Waals surface area contributed by atoms with Gasteiger partial charge in [0, 0.05) is 13.1 Å². The Balaban J connectivity index is 2.00. The summed E-state index contributed by atoms with van der Waals surface area (Å²) in [4.78, 5) is 14.9. The van der Waals surface area contributed by atoms with Crippen LogP contribution in [-0.2, 0) is 6.54 Å². The molecule has 0 spiro atoms. The SMILES string of the molecule is CC(C)=C1Oc2c(CN3CCCC(C)C3)c(O)cc(C)c2C1=O. The molecular weight excluding hydrogens is 290 g/mol. The molecule has 23 heavy (non-hydrogen) atoms. The summed E-state index contributed by atoms with van der Waals surface area (Å²) in [7, 11) is 0. The van der Waals surface area contributed by atoms with Crippen LogP contribution in [0.4, 0.5) is 0 Å². The van der Waals surface area contributed by atoms with Crippen molar-refractivity contribution in [3.05, 3.63) is 34.1 Å². The summed E-state index contributed by atoms with van der Waals surface area (Å²) < 4.78 is 5.89. The van der Waals surface area contributed by atoms with Gasteiger partial charge in [-0.25, -0.2) is 0 Å². The molecule has 124 valence electrons. The van der Waals surface area contributed by atoms with Crippen molar-refractivity contribution in [1.82, 2.24) is 4.90 Å². The minimum absolute atomic E-state index is 0.0641. The number of ketones is 1. The van der Waals surface area contributed by atoms with Gasteiger partial charge in [-0.2, -0.15) is 0 Å². The summed E-state index contributed by atoms with van der Waals surface area (Å²) in [6.45, 7) is 10.5. The van der Waals surface area contributed by atoms with Crippen LogP contribution in [0.1, 0.15) is 55.1 Å². The highest BCUT2D eigenvalue weighted by Gasteiger charge is 2.34. The van der Waals surface area contributed by atoms with Crippen molar-refractivity contribution < 1.29 is 14.6 Å². The standard InChI is InChI=1S/C19H25NO3/c1-11(2)18-17(22)16-13(4)8-15(21)14(19(16)23-18)10-20-7-5-6-12(3)9-20/h8,12,21H,5-7,9-10H2,1-4H3. The number of allylic oxidation sites excluding steroid dienone is 2. The lowest BCUT2D eigenvalue weighted by Crippen LogP contribution is -2.33. The number of aryl methyl sites for hydroxylation is 1. The molecule has 0 radical (unpaired) electrons. The molecule has 1 aromatic rings. The summed E-state index contributed by atoms with van der Waals surface area (Å²) >= 11 is 0. The van der Waals surface area contributed by atoms with Crippen molar-refractivity contribution in [2.24, 2.45) is 5.92 Å². The molecule has 4 heteroatoms. The fourth-order valence-electron chi connectivity index (χ4n) is 3.60. The Hall–Kier alpha value is -1.81. The van der Waals surface area contributed by atoms with Crippen molar-refractivity contribution in [2.75, 3.05) is 13.1 Å². The number of phenols is 1. The van der Waals surface area contributed by atoms with Crippen molar-refractivity contribution in [2.45, 2.75) is 47.1 Å². The van der Waals surface area contributed by atoms with Gasteiger partial charge in [0.2, 0.25) is 5.78 Å². The Morgan fingerprint density at radius 3 is 2.83 bits per heavy atom. The Kier molecular flexibility index (Phi) is 4.19. The third-order valence-electron chi connectivity index (χ3n) is 4.77. The minimum Gasteiger partial charge on any atom is -0.507 e. The predicted molar refractivity (Wildman–Crippen MR) is 89.9 cm³/mol. The molecule has 0 saturated carbocycles. The van der Waals surface area contributed by atoms with Crippen LogP contribution in [0.25, 0.3) is 0 Å². The van der Waals surface area contributed by atoms with E-state index in [1.165, 1.54) is 12.8 Å². The Morgan fingerprint density at radius 1 is 1.43 bits per heavy atom. The molecule has 2 heterocycles. The summed E-state index contributed by atoms with van der Waals surface area (Å²) in [5.41, 5.74) is 2.99. The highest BCUT2D eigenvalue weighted by Crippen LogP contribution is 2.42. The fraction of sp³-hybridized carbons (Fsp3) is 0.526. The van der Waals surface area contributed by atoms with Gasteiger partial charge >= 0.3 is 0 Å². The number of phenolic OH excluding ortho intramolecular Hbond substituents is 1. The number of likely N-dealkylation sites (tertiary alicyclic amines) is 1. The highest BCUT2D eigenvalue weighted by atomic mass is 16.5. The van der Waals surface area contributed by atoms with Crippen LogP contribution >= 0.6 is 0 Å². The molecule has 1 saturated heterocycles. The third kappa shape index (κ3) is 2.88. The first-order valence-corrected chi connectivity index (χ1v) is 8.36. The Labute approximate surface area is 137 Å². The number of piperidine rings is 1. The van der Waals surface area contributed by atoms with Crippen molar-refractivity contribution in [3.63, 3.8) is 0 Å². The zero-order valence-corrected chi connectivity index (χ0v) is 14.4. The number of hydrogen-bond donors (Lipinski definition) is 1. The zero-order valence-electron chi connectivity index (χ0n) is 14.4. The number of benzene rings is 1. The van der Waals surface area contributed by atoms with Crippen LogP contribution in [0, 0.1) is 12.8 Å². The van der Waals surface area contributed by atoms with E-state index < -0.39 is 0 Å². The number of ether oxygens (including phenoxy) is 1. The monoisotopic (exact) mass is 315 g/mol. The Bertz CT molecular complexity index is 686. The molecule has 0 aromatic heterocycles. The maximum Gasteiger partial charge on any atom is 0.232 e. The van der Waals surface area contributed by atoms with Gasteiger partial charge in [-0.15, -0.1) is 0 Å². The molecule has 1 atom stereocenters. The van der Waals surface area contributed by atoms with E-state index in [1.54, 1.807) is 6.07 Å². The molecule has 0 aliphatic carbocycles. The number of rotatable bonds is 2. The first-order chi connectivity index (χ1) is 10.9. The van der Waals surface area contributed by atoms with E-state index >= 15 is 0 Å². The first kappa shape index (κ1) is 16.1. The largest absolute Gasteiger partial charge is 0.507 e. The summed E-state index contributed by atoms with van der Waals surface area (Å²) in [5, 5.41) is 10.4. The van der Waals surface area contributed by atoms with Gasteiger partial charge < -0.3 is 9.84 Å².